The van der Waals surface area contributed by atoms with Gasteiger partial charge in [-0.25, -0.2) is 0 Å². The van der Waals surface area contributed by atoms with Crippen LogP contribution >= 0.6 is 0 Å². The van der Waals surface area contributed by atoms with Crippen LogP contribution in [0.3, 0.4) is 0 Å². The van der Waals surface area contributed by atoms with E-state index in [4.69, 9.17) is 10.5 Å². The second-order valence-electron chi connectivity index (χ2n) is 28.7. The van der Waals surface area contributed by atoms with E-state index in [-0.39, 0.29) is 0 Å². The van der Waals surface area contributed by atoms with Crippen molar-refractivity contribution in [2.45, 2.75) is 446 Å². The van der Waals surface area contributed by atoms with E-state index < -0.39 is 0 Å². The third-order valence-corrected chi connectivity index (χ3v) is 16.9. The summed E-state index contributed by atoms with van der Waals surface area (Å²) < 4.78 is 5.41. The Kier molecular flexibility index (Phi) is 104. The number of hydrogen-bond acceptors (Lipinski definition) is 3. The number of hydrogen-bond donors (Lipinski definition) is 2. The van der Waals surface area contributed by atoms with Crippen LogP contribution in [0.5, 0.6) is 0 Å². The van der Waals surface area contributed by atoms with Crippen molar-refractivity contribution in [1.82, 2.24) is 5.32 Å². The van der Waals surface area contributed by atoms with Gasteiger partial charge in [-0.3, -0.25) is 0 Å². The average Bonchev–Trinajstić information content (AvgIpc) is 3.53. The molecule has 0 saturated carbocycles. The highest BCUT2D eigenvalue weighted by molar-refractivity contribution is 4.96. The van der Waals surface area contributed by atoms with Gasteiger partial charge in [0.05, 0.1) is 12.4 Å². The van der Waals surface area contributed by atoms with Crippen molar-refractivity contribution in [3.8, 4) is 0 Å². The first-order valence-electron chi connectivity index (χ1n) is 40.7. The third-order valence-electron chi connectivity index (χ3n) is 16.9. The molecule has 0 bridgehead atoms. The van der Waals surface area contributed by atoms with Crippen molar-refractivity contribution in [3.05, 3.63) is 60.9 Å². The molecule has 0 aliphatic heterocycles. The lowest BCUT2D eigenvalue weighted by molar-refractivity contribution is 0.171. The minimum Gasteiger partial charge on any atom is -0.498 e. The van der Waals surface area contributed by atoms with Crippen LogP contribution in [0.2, 0.25) is 0 Å². The van der Waals surface area contributed by atoms with Gasteiger partial charge in [0.1, 0.15) is 0 Å². The van der Waals surface area contributed by atoms with Gasteiger partial charge >= 0.3 is 0 Å². The van der Waals surface area contributed by atoms with Crippen LogP contribution in [0.4, 0.5) is 0 Å². The number of unbranched alkanes of at least 4 members (excludes halogenated alkanes) is 20. The molecule has 0 fully saturated rings. The number of rotatable bonds is 58. The fourth-order valence-corrected chi connectivity index (χ4v) is 10.9. The highest BCUT2D eigenvalue weighted by Gasteiger charge is 2.12. The highest BCUT2D eigenvalue weighted by Crippen LogP contribution is 2.27. The summed E-state index contributed by atoms with van der Waals surface area (Å²) in [6.45, 7) is 56.6. The summed E-state index contributed by atoms with van der Waals surface area (Å²) in [6.07, 6.45) is 73.8. The van der Waals surface area contributed by atoms with Crippen LogP contribution < -0.4 is 11.1 Å². The van der Waals surface area contributed by atoms with Crippen LogP contribution in [0, 0.1) is 35.5 Å². The van der Waals surface area contributed by atoms with Gasteiger partial charge in [0.25, 0.3) is 0 Å². The summed E-state index contributed by atoms with van der Waals surface area (Å²) in [6, 6.07) is 0.365. The molecule has 3 heteroatoms. The second-order valence-corrected chi connectivity index (χ2v) is 28.7. The first-order chi connectivity index (χ1) is 43.3. The molecule has 90 heavy (non-hydrogen) atoms. The third kappa shape index (κ3) is 108. The number of ether oxygens (including phenoxy) is 1. The Morgan fingerprint density at radius 3 is 1.27 bits per heavy atom. The zero-order valence-electron chi connectivity index (χ0n) is 66.8. The Morgan fingerprint density at radius 1 is 0.378 bits per heavy atom. The van der Waals surface area contributed by atoms with E-state index in [0.29, 0.717) is 12.0 Å². The maximum Gasteiger partial charge on any atom is 0.0899 e. The molecular formula is C87H180N2O. The topological polar surface area (TPSA) is 47.3 Å². The normalized spacial score (nSPS) is 11.7. The lowest BCUT2D eigenvalue weighted by Crippen LogP contribution is -2.14. The Bertz CT molecular complexity index is 1300. The SMILES string of the molecule is C=C(CCC)CCCCCCC/C=C\CC.C=C(CCCC)OCC(C)C.C=C(CCCNC)CC(CCCCCC(C)C)CCCCCC(C)N.CC.CCC/C=C\CCCC(C)C.CCCCCC(C)CCCCC.CCCCCC(CC)CCCCC. The molecule has 0 heterocycles. The van der Waals surface area contributed by atoms with Crippen molar-refractivity contribution >= 4 is 0 Å². The van der Waals surface area contributed by atoms with Gasteiger partial charge in [-0.15, -0.1) is 0 Å². The molecule has 0 aliphatic rings. The minimum atomic E-state index is 0.365. The Labute approximate surface area is 575 Å². The van der Waals surface area contributed by atoms with E-state index in [1.807, 2.05) is 20.9 Å². The largest absolute Gasteiger partial charge is 0.498 e. The highest BCUT2D eigenvalue weighted by atomic mass is 16.5. The summed E-state index contributed by atoms with van der Waals surface area (Å²) in [5, 5.41) is 3.24. The van der Waals surface area contributed by atoms with Crippen LogP contribution in [-0.2, 0) is 4.74 Å². The maximum absolute atomic E-state index is 5.86. The van der Waals surface area contributed by atoms with Gasteiger partial charge in [-0.2, -0.15) is 0 Å². The van der Waals surface area contributed by atoms with Gasteiger partial charge in [0.15, 0.2) is 0 Å². The lowest BCUT2D eigenvalue weighted by atomic mass is 9.87. The monoisotopic (exact) mass is 1270 g/mol. The fourth-order valence-electron chi connectivity index (χ4n) is 10.9. The van der Waals surface area contributed by atoms with E-state index in [9.17, 15) is 0 Å². The molecule has 2 unspecified atom stereocenters. The number of allylic oxidation sites excluding steroid dienone is 7. The molecule has 0 aliphatic carbocycles. The van der Waals surface area contributed by atoms with Crippen molar-refractivity contribution in [1.29, 1.82) is 0 Å². The predicted octanol–water partition coefficient (Wildman–Crippen LogP) is 31.0. The first kappa shape index (κ1) is 102. The quantitative estimate of drug-likeness (QED) is 0.0362. The van der Waals surface area contributed by atoms with Crippen molar-refractivity contribution < 1.29 is 4.74 Å². The summed E-state index contributed by atoms with van der Waals surface area (Å²) in [5.41, 5.74) is 8.78. The maximum atomic E-state index is 5.86. The Balaban J connectivity index is -0.000000188. The van der Waals surface area contributed by atoms with Gasteiger partial charge < -0.3 is 15.8 Å². The molecule has 0 amide bonds. The molecule has 0 aromatic heterocycles. The molecule has 0 aromatic carbocycles. The standard InChI is InChI=1S/C23H48N2.C16H30.C13H28.C12H26.C11H22.C10H20O.C2H6/c1-20(2)13-8-6-10-16-23(17-11-7-9-15-22(4)24)19-21(3)14-12-18-25-5;1-4-6-7-8-9-10-11-12-13-15-16(3)14-5-2;1-4-7-9-11-13(6-3)12-10-8-5-2;1-4-6-8-10-12(3)11-9-7-5-2;1-4-5-6-7-8-9-10-11(2)3;1-5-6-7-10(4)11-8-9(2)3;1-2/h20,22-23,25H,3,6-19,24H2,1-2,4-5H3;6-7H,3-5,8-15H2,1-2H3;13H,4-12H2,1-3H3;12H,4-11H2,1-3H3;6-7,11H,4-5,8-10H2,1-3H3;9H,4-8H2,1-3H3;1-2H3/b;7-6-;;;7-6-;;. The van der Waals surface area contributed by atoms with Crippen molar-refractivity contribution in [2.24, 2.45) is 41.2 Å². The summed E-state index contributed by atoms with van der Waals surface area (Å²) in [5.74, 6) is 6.13. The molecule has 3 nitrogen and oxygen atoms in total. The van der Waals surface area contributed by atoms with Gasteiger partial charge in [0, 0.05) is 12.5 Å². The summed E-state index contributed by atoms with van der Waals surface area (Å²) in [4.78, 5) is 0. The second kappa shape index (κ2) is 91.6. The summed E-state index contributed by atoms with van der Waals surface area (Å²) in [7, 11) is 2.03. The molecule has 3 N–H and O–H groups in total. The van der Waals surface area contributed by atoms with Crippen LogP contribution in [0.25, 0.3) is 0 Å². The molecule has 0 aromatic rings. The predicted molar refractivity (Wildman–Crippen MR) is 424 cm³/mol. The van der Waals surface area contributed by atoms with Crippen molar-refractivity contribution in [3.63, 3.8) is 0 Å². The van der Waals surface area contributed by atoms with Crippen LogP contribution in [-0.4, -0.2) is 26.2 Å². The van der Waals surface area contributed by atoms with Gasteiger partial charge in [0.2, 0.25) is 0 Å². The molecule has 544 valence electrons. The van der Waals surface area contributed by atoms with Crippen molar-refractivity contribution in [2.75, 3.05) is 20.2 Å². The van der Waals surface area contributed by atoms with Crippen LogP contribution in [0.15, 0.2) is 60.9 Å². The number of nitrogens with two attached hydrogens (primary N) is 1. The number of nitrogens with one attached hydrogen (secondary N) is 1. The zero-order chi connectivity index (χ0) is 69.4. The van der Waals surface area contributed by atoms with E-state index in [1.54, 1.807) is 0 Å². The molecule has 2 atom stereocenters. The molecule has 0 radical (unpaired) electrons. The average molecular weight is 1270 g/mol. The zero-order valence-corrected chi connectivity index (χ0v) is 66.8. The molecule has 0 spiro atoms. The first-order valence-corrected chi connectivity index (χ1v) is 40.7. The Hall–Kier alpha value is -1.58. The molecule has 0 saturated heterocycles. The summed E-state index contributed by atoms with van der Waals surface area (Å²) >= 11 is 0. The van der Waals surface area contributed by atoms with E-state index in [1.165, 1.54) is 313 Å². The van der Waals surface area contributed by atoms with Crippen LogP contribution in [0.1, 0.15) is 440 Å². The van der Waals surface area contributed by atoms with E-state index >= 15 is 0 Å². The molecular weight excluding hydrogens is 1090 g/mol. The molecule has 0 rings (SSSR count). The van der Waals surface area contributed by atoms with E-state index in [0.717, 1.165) is 54.9 Å². The minimum absolute atomic E-state index is 0.365. The smallest absolute Gasteiger partial charge is 0.0899 e. The Morgan fingerprint density at radius 2 is 0.800 bits per heavy atom. The fraction of sp³-hybridized carbons (Fsp3) is 0.885. The van der Waals surface area contributed by atoms with Gasteiger partial charge in [-0.05, 0) is 146 Å². The van der Waals surface area contributed by atoms with Gasteiger partial charge in [-0.1, -0.05) is 392 Å². The van der Waals surface area contributed by atoms with E-state index in [2.05, 4.69) is 167 Å². The lowest BCUT2D eigenvalue weighted by Gasteiger charge is -2.19.